The molecular weight excluding hydrogens is 336 g/mol. The summed E-state index contributed by atoms with van der Waals surface area (Å²) in [4.78, 5) is 13.8. The number of carbonyl (C=O) groups excluding carboxylic acids is 1. The van der Waals surface area contributed by atoms with E-state index in [2.05, 4.69) is 16.4 Å². The number of nitrogens with zero attached hydrogens (tertiary/aromatic N) is 2. The van der Waals surface area contributed by atoms with Crippen LogP contribution in [0.4, 0.5) is 0 Å². The van der Waals surface area contributed by atoms with Gasteiger partial charge in [-0.1, -0.05) is 0 Å². The van der Waals surface area contributed by atoms with Crippen molar-refractivity contribution in [3.8, 4) is 0 Å². The third kappa shape index (κ3) is 3.92. The van der Waals surface area contributed by atoms with E-state index >= 15 is 0 Å². The number of ether oxygens (including phenoxy) is 1. The van der Waals surface area contributed by atoms with Crippen LogP contribution in [0.15, 0.2) is 51.0 Å². The highest BCUT2D eigenvalue weighted by molar-refractivity contribution is 7.97. The molecule has 1 saturated heterocycles. The second kappa shape index (κ2) is 7.64. The minimum atomic E-state index is 0.802. The van der Waals surface area contributed by atoms with Crippen molar-refractivity contribution >= 4 is 29.3 Å². The van der Waals surface area contributed by atoms with Crippen molar-refractivity contribution in [2.24, 2.45) is 0 Å². The highest BCUT2D eigenvalue weighted by atomic mass is 32.2. The van der Waals surface area contributed by atoms with Crippen LogP contribution in [-0.4, -0.2) is 55.0 Å². The maximum atomic E-state index is 10.8. The Balaban J connectivity index is 0.000000272. The molecule has 5 nitrogen and oxygen atoms in total. The SMILES string of the molecule is C1CCOC1.O=CN1CC2=C(C1)CN(Sc1ccc3occc3c1)C2. The van der Waals surface area contributed by atoms with Gasteiger partial charge in [0.25, 0.3) is 0 Å². The molecule has 132 valence electrons. The summed E-state index contributed by atoms with van der Waals surface area (Å²) >= 11 is 1.78. The molecule has 3 aliphatic rings. The molecule has 0 atom stereocenters. The van der Waals surface area contributed by atoms with E-state index in [9.17, 15) is 4.79 Å². The van der Waals surface area contributed by atoms with E-state index in [0.717, 1.165) is 56.8 Å². The fourth-order valence-corrected chi connectivity index (χ4v) is 4.42. The first-order valence-electron chi connectivity index (χ1n) is 8.69. The standard InChI is InChI=1S/C15H14N2O2S.C4H8O/c18-10-16-6-12-8-17(9-13(12)7-16)20-14-1-2-15-11(5-14)3-4-19-15;1-2-4-5-3-1/h1-5,10H,6-9H2;1-4H2. The van der Waals surface area contributed by atoms with Crippen molar-refractivity contribution in [2.45, 2.75) is 17.7 Å². The van der Waals surface area contributed by atoms with Crippen molar-refractivity contribution in [1.29, 1.82) is 0 Å². The van der Waals surface area contributed by atoms with Gasteiger partial charge in [0.2, 0.25) is 6.41 Å². The van der Waals surface area contributed by atoms with Crippen LogP contribution in [0.25, 0.3) is 11.0 Å². The maximum absolute atomic E-state index is 10.8. The Kier molecular flexibility index (Phi) is 5.10. The second-order valence-corrected chi connectivity index (χ2v) is 7.72. The van der Waals surface area contributed by atoms with E-state index < -0.39 is 0 Å². The van der Waals surface area contributed by atoms with Crippen LogP contribution >= 0.6 is 11.9 Å². The van der Waals surface area contributed by atoms with Gasteiger partial charge in [-0.2, -0.15) is 0 Å². The van der Waals surface area contributed by atoms with Crippen LogP contribution in [-0.2, 0) is 9.53 Å². The van der Waals surface area contributed by atoms with Crippen molar-refractivity contribution in [2.75, 3.05) is 39.4 Å². The summed E-state index contributed by atoms with van der Waals surface area (Å²) in [6.07, 6.45) is 5.22. The Hall–Kier alpha value is -1.76. The zero-order chi connectivity index (χ0) is 17.1. The van der Waals surface area contributed by atoms with Crippen molar-refractivity contribution < 1.29 is 13.9 Å². The smallest absolute Gasteiger partial charge is 0.210 e. The highest BCUT2D eigenvalue weighted by Gasteiger charge is 2.29. The van der Waals surface area contributed by atoms with E-state index in [0.29, 0.717) is 0 Å². The number of rotatable bonds is 3. The Labute approximate surface area is 151 Å². The average molecular weight is 358 g/mol. The molecule has 0 radical (unpaired) electrons. The second-order valence-electron chi connectivity index (χ2n) is 6.55. The molecule has 0 bridgehead atoms. The predicted molar refractivity (Wildman–Crippen MR) is 98.4 cm³/mol. The molecule has 0 aliphatic carbocycles. The van der Waals surface area contributed by atoms with E-state index in [-0.39, 0.29) is 0 Å². The van der Waals surface area contributed by atoms with Crippen molar-refractivity contribution in [3.05, 3.63) is 41.7 Å². The molecule has 5 rings (SSSR count). The Morgan fingerprint density at radius 1 is 1.00 bits per heavy atom. The number of amides is 1. The van der Waals surface area contributed by atoms with Gasteiger partial charge in [0.1, 0.15) is 5.58 Å². The van der Waals surface area contributed by atoms with Crippen molar-refractivity contribution in [3.63, 3.8) is 0 Å². The molecule has 3 aliphatic heterocycles. The van der Waals surface area contributed by atoms with Crippen LogP contribution in [0.5, 0.6) is 0 Å². The summed E-state index contributed by atoms with van der Waals surface area (Å²) in [6, 6.07) is 8.26. The summed E-state index contributed by atoms with van der Waals surface area (Å²) < 4.78 is 12.7. The molecule has 0 N–H and O–H groups in total. The van der Waals surface area contributed by atoms with Gasteiger partial charge in [-0.25, -0.2) is 4.31 Å². The zero-order valence-corrected chi connectivity index (χ0v) is 15.0. The first kappa shape index (κ1) is 16.7. The molecule has 1 fully saturated rings. The molecule has 2 aromatic rings. The van der Waals surface area contributed by atoms with Crippen molar-refractivity contribution in [1.82, 2.24) is 9.21 Å². The number of furan rings is 1. The molecule has 1 aromatic carbocycles. The van der Waals surface area contributed by atoms with Crippen LogP contribution < -0.4 is 0 Å². The number of hydrogen-bond donors (Lipinski definition) is 0. The molecular formula is C19H22N2O3S. The first-order chi connectivity index (χ1) is 12.3. The van der Waals surface area contributed by atoms with Crippen LogP contribution in [0.2, 0.25) is 0 Å². The lowest BCUT2D eigenvalue weighted by molar-refractivity contribution is -0.117. The normalized spacial score (nSPS) is 20.1. The average Bonchev–Trinajstić information content (AvgIpc) is 3.39. The number of fused-ring (bicyclic) bond motifs is 1. The largest absolute Gasteiger partial charge is 0.464 e. The maximum Gasteiger partial charge on any atom is 0.210 e. The summed E-state index contributed by atoms with van der Waals surface area (Å²) in [7, 11) is 0. The summed E-state index contributed by atoms with van der Waals surface area (Å²) in [6.45, 7) is 5.51. The summed E-state index contributed by atoms with van der Waals surface area (Å²) in [5.74, 6) is 0. The van der Waals surface area contributed by atoms with Gasteiger partial charge in [0.05, 0.1) is 6.26 Å². The van der Waals surface area contributed by atoms with E-state index in [1.165, 1.54) is 28.9 Å². The lowest BCUT2D eigenvalue weighted by Crippen LogP contribution is -2.25. The van der Waals surface area contributed by atoms with E-state index in [1.807, 2.05) is 17.0 Å². The lowest BCUT2D eigenvalue weighted by Gasteiger charge is -2.19. The Morgan fingerprint density at radius 3 is 2.40 bits per heavy atom. The van der Waals surface area contributed by atoms with Crippen LogP contribution in [0.3, 0.4) is 0 Å². The van der Waals surface area contributed by atoms with Gasteiger partial charge in [-0.3, -0.25) is 4.79 Å². The Morgan fingerprint density at radius 2 is 1.76 bits per heavy atom. The van der Waals surface area contributed by atoms with Gasteiger partial charge >= 0.3 is 0 Å². The topological polar surface area (TPSA) is 45.9 Å². The van der Waals surface area contributed by atoms with Crippen LogP contribution in [0.1, 0.15) is 12.8 Å². The highest BCUT2D eigenvalue weighted by Crippen LogP contribution is 2.33. The van der Waals surface area contributed by atoms with Gasteiger partial charge in [0, 0.05) is 49.7 Å². The summed E-state index contributed by atoms with van der Waals surface area (Å²) in [5.41, 5.74) is 3.75. The molecule has 4 heterocycles. The quantitative estimate of drug-likeness (QED) is 0.478. The monoisotopic (exact) mass is 358 g/mol. The van der Waals surface area contributed by atoms with E-state index in [1.54, 1.807) is 18.2 Å². The molecule has 0 spiro atoms. The molecule has 1 aromatic heterocycles. The fourth-order valence-electron chi connectivity index (χ4n) is 3.38. The predicted octanol–water partition coefficient (Wildman–Crippen LogP) is 3.32. The minimum absolute atomic E-state index is 0.802. The number of benzene rings is 1. The van der Waals surface area contributed by atoms with Gasteiger partial charge in [-0.15, -0.1) is 0 Å². The van der Waals surface area contributed by atoms with Gasteiger partial charge < -0.3 is 14.1 Å². The Bertz CT molecular complexity index is 756. The van der Waals surface area contributed by atoms with Gasteiger partial charge in [0.15, 0.2) is 0 Å². The zero-order valence-electron chi connectivity index (χ0n) is 14.1. The molecule has 6 heteroatoms. The molecule has 0 saturated carbocycles. The summed E-state index contributed by atoms with van der Waals surface area (Å²) in [5, 5.41) is 1.14. The van der Waals surface area contributed by atoms with Crippen LogP contribution in [0, 0.1) is 0 Å². The van der Waals surface area contributed by atoms with E-state index in [4.69, 9.17) is 9.15 Å². The fraction of sp³-hybridized carbons (Fsp3) is 0.421. The third-order valence-electron chi connectivity index (χ3n) is 4.66. The molecule has 1 amide bonds. The minimum Gasteiger partial charge on any atom is -0.464 e. The molecule has 0 unspecified atom stereocenters. The molecule has 25 heavy (non-hydrogen) atoms. The number of carbonyl (C=O) groups is 1. The third-order valence-corrected chi connectivity index (χ3v) is 5.64. The lowest BCUT2D eigenvalue weighted by atomic mass is 10.2. The first-order valence-corrected chi connectivity index (χ1v) is 9.46. The van der Waals surface area contributed by atoms with Gasteiger partial charge in [-0.05, 0) is 60.2 Å². The number of hydrogen-bond acceptors (Lipinski definition) is 5.